The molecule has 3 saturated heterocycles. The van der Waals surface area contributed by atoms with Crippen molar-refractivity contribution in [1.29, 1.82) is 0 Å². The average Bonchev–Trinajstić information content (AvgIpc) is 3.51. The van der Waals surface area contributed by atoms with E-state index in [1.807, 2.05) is 29.2 Å². The van der Waals surface area contributed by atoms with Gasteiger partial charge in [0.25, 0.3) is 0 Å². The van der Waals surface area contributed by atoms with Gasteiger partial charge in [0, 0.05) is 51.0 Å². The quantitative estimate of drug-likeness (QED) is 0.296. The van der Waals surface area contributed by atoms with E-state index in [2.05, 4.69) is 5.32 Å². The van der Waals surface area contributed by atoms with Gasteiger partial charge in [-0.1, -0.05) is 19.1 Å². The maximum absolute atomic E-state index is 13.8. The summed E-state index contributed by atoms with van der Waals surface area (Å²) >= 11 is 0. The monoisotopic (exact) mass is 572 g/mol. The summed E-state index contributed by atoms with van der Waals surface area (Å²) in [5.41, 5.74) is 0.0131. The molecule has 1 amide bonds. The number of epoxide rings is 1. The van der Waals surface area contributed by atoms with Crippen LogP contribution in [0, 0.1) is 17.8 Å². The van der Waals surface area contributed by atoms with E-state index in [-0.39, 0.29) is 55.0 Å². The third-order valence-corrected chi connectivity index (χ3v) is 8.35. The molecule has 226 valence electrons. The average molecular weight is 573 g/mol. The van der Waals surface area contributed by atoms with E-state index in [1.165, 1.54) is 0 Å². The van der Waals surface area contributed by atoms with Crippen molar-refractivity contribution in [3.8, 4) is 5.75 Å². The first-order valence-corrected chi connectivity index (χ1v) is 14.7. The Bertz CT molecular complexity index is 1060. The molecule has 0 saturated carbocycles. The summed E-state index contributed by atoms with van der Waals surface area (Å²) in [6.45, 7) is 7.95. The fourth-order valence-corrected chi connectivity index (χ4v) is 5.59. The zero-order chi connectivity index (χ0) is 29.4. The van der Waals surface area contributed by atoms with Crippen LogP contribution in [0.25, 0.3) is 0 Å². The molecule has 0 radical (unpaired) electrons. The molecule has 0 aliphatic carbocycles. The Kier molecular flexibility index (Phi) is 11.1. The van der Waals surface area contributed by atoms with E-state index in [4.69, 9.17) is 18.9 Å². The van der Waals surface area contributed by atoms with Crippen molar-refractivity contribution in [2.45, 2.75) is 57.6 Å². The molecule has 0 aromatic heterocycles. The smallest absolute Gasteiger partial charge is 0.223 e. The molecule has 4 rings (SSSR count). The summed E-state index contributed by atoms with van der Waals surface area (Å²) in [6, 6.07) is 6.50. The van der Waals surface area contributed by atoms with Gasteiger partial charge in [-0.3, -0.25) is 24.1 Å². The van der Waals surface area contributed by atoms with E-state index >= 15 is 0 Å². The van der Waals surface area contributed by atoms with E-state index in [9.17, 15) is 19.2 Å². The van der Waals surface area contributed by atoms with Crippen LogP contribution in [0.3, 0.4) is 0 Å². The van der Waals surface area contributed by atoms with Crippen LogP contribution >= 0.6 is 0 Å². The van der Waals surface area contributed by atoms with Crippen molar-refractivity contribution in [3.63, 3.8) is 0 Å². The van der Waals surface area contributed by atoms with Gasteiger partial charge in [-0.15, -0.1) is 0 Å². The number of nitrogens with one attached hydrogen (secondary N) is 1. The lowest BCUT2D eigenvalue weighted by Crippen LogP contribution is -2.46. The summed E-state index contributed by atoms with van der Waals surface area (Å²) in [4.78, 5) is 55.1. The number of benzene rings is 1. The van der Waals surface area contributed by atoms with Gasteiger partial charge >= 0.3 is 0 Å². The third kappa shape index (κ3) is 9.16. The number of hydrogen-bond donors (Lipinski definition) is 1. The third-order valence-electron chi connectivity index (χ3n) is 8.35. The minimum atomic E-state index is -0.839. The first-order valence-electron chi connectivity index (χ1n) is 14.7. The Hall–Kier alpha value is -2.66. The second-order valence-electron chi connectivity index (χ2n) is 11.9. The van der Waals surface area contributed by atoms with Gasteiger partial charge in [0.05, 0.1) is 39.5 Å². The molecule has 3 aliphatic heterocycles. The van der Waals surface area contributed by atoms with Crippen LogP contribution in [-0.4, -0.2) is 99.6 Å². The predicted molar refractivity (Wildman–Crippen MR) is 151 cm³/mol. The van der Waals surface area contributed by atoms with Crippen LogP contribution in [0.2, 0.25) is 0 Å². The predicted octanol–water partition coefficient (Wildman–Crippen LogP) is 2.01. The molecule has 3 aliphatic rings. The maximum Gasteiger partial charge on any atom is 0.223 e. The molecule has 3 fully saturated rings. The van der Waals surface area contributed by atoms with Gasteiger partial charge in [0.2, 0.25) is 5.91 Å². The van der Waals surface area contributed by atoms with E-state index in [0.717, 1.165) is 12.0 Å². The Morgan fingerprint density at radius 1 is 1.07 bits per heavy atom. The minimum absolute atomic E-state index is 0.0136. The molecular weight excluding hydrogens is 528 g/mol. The number of carbonyl (C=O) groups is 4. The topological polar surface area (TPSA) is 124 Å². The molecule has 1 N–H and O–H groups in total. The second-order valence-corrected chi connectivity index (χ2v) is 11.9. The fourth-order valence-electron chi connectivity index (χ4n) is 5.59. The number of carbonyl (C=O) groups excluding carboxylic acids is 4. The summed E-state index contributed by atoms with van der Waals surface area (Å²) in [6.07, 6.45) is 1.78. The van der Waals surface area contributed by atoms with Gasteiger partial charge in [-0.25, -0.2) is 0 Å². The summed E-state index contributed by atoms with van der Waals surface area (Å²) in [5, 5.41) is 2.92. The number of ether oxygens (including phenoxy) is 4. The highest BCUT2D eigenvalue weighted by Crippen LogP contribution is 2.35. The Morgan fingerprint density at radius 3 is 2.39 bits per heavy atom. The molecule has 0 unspecified atom stereocenters. The largest absolute Gasteiger partial charge is 0.497 e. The number of morpholine rings is 1. The first kappa shape index (κ1) is 31.3. The van der Waals surface area contributed by atoms with E-state index in [1.54, 1.807) is 21.0 Å². The molecule has 10 nitrogen and oxygen atoms in total. The van der Waals surface area contributed by atoms with Crippen LogP contribution in [0.1, 0.15) is 45.1 Å². The first-order chi connectivity index (χ1) is 19.7. The Morgan fingerprint density at radius 2 is 1.78 bits per heavy atom. The van der Waals surface area contributed by atoms with E-state index < -0.39 is 23.5 Å². The zero-order valence-corrected chi connectivity index (χ0v) is 24.5. The highest BCUT2D eigenvalue weighted by atomic mass is 16.6. The van der Waals surface area contributed by atoms with Crippen molar-refractivity contribution >= 4 is 23.3 Å². The number of nitrogens with zero attached hydrogens (tertiary/aromatic N) is 1. The van der Waals surface area contributed by atoms with Gasteiger partial charge < -0.3 is 24.3 Å². The van der Waals surface area contributed by atoms with Crippen LogP contribution < -0.4 is 10.1 Å². The molecule has 1 aromatic rings. The van der Waals surface area contributed by atoms with Crippen LogP contribution in [0.4, 0.5) is 0 Å². The van der Waals surface area contributed by atoms with Crippen molar-refractivity contribution < 1.29 is 38.1 Å². The zero-order valence-electron chi connectivity index (χ0n) is 24.5. The highest BCUT2D eigenvalue weighted by molar-refractivity contribution is 5.97. The molecule has 0 bridgehead atoms. The SMILES string of the molecule is COc1ccc(C[C@H](NC(=O)[C@H](C)CC(=O)CN2CCOCC2)C(=O)C[C@@H](C[C@@H]2CCOC2)C(=O)[C@@]2(C)CO2)cc1. The van der Waals surface area contributed by atoms with Crippen LogP contribution in [0.5, 0.6) is 5.75 Å². The van der Waals surface area contributed by atoms with Crippen LogP contribution in [0.15, 0.2) is 24.3 Å². The normalized spacial score (nSPS) is 24.7. The molecule has 3 heterocycles. The number of hydrogen-bond acceptors (Lipinski definition) is 9. The Labute approximate surface area is 242 Å². The number of rotatable bonds is 16. The number of ketones is 3. The van der Waals surface area contributed by atoms with Crippen molar-refractivity contribution in [2.75, 3.05) is 59.8 Å². The standard InChI is InChI=1S/C31H44N2O8/c1-21(14-25(34)18-33-9-12-39-13-10-33)30(37)32-27(16-22-4-6-26(38-3)7-5-22)28(35)17-24(15-23-8-11-40-19-23)29(36)31(2)20-41-31/h4-7,21,23-24,27H,8-20H2,1-3H3,(H,32,37)/t21-,23+,24-,27+,31-/m1/s1. The fraction of sp³-hybridized carbons (Fsp3) is 0.677. The molecular formula is C31H44N2O8. The van der Waals surface area contributed by atoms with Gasteiger partial charge in [-0.05, 0) is 49.8 Å². The lowest BCUT2D eigenvalue weighted by molar-refractivity contribution is -0.134. The van der Waals surface area contributed by atoms with Gasteiger partial charge in [0.15, 0.2) is 11.6 Å². The maximum atomic E-state index is 13.8. The summed E-state index contributed by atoms with van der Waals surface area (Å²) in [5.74, 6) is -0.837. The lowest BCUT2D eigenvalue weighted by Gasteiger charge is -2.26. The number of amides is 1. The second kappa shape index (κ2) is 14.5. The molecule has 10 heteroatoms. The van der Waals surface area contributed by atoms with E-state index in [0.29, 0.717) is 58.3 Å². The van der Waals surface area contributed by atoms with Crippen molar-refractivity contribution in [1.82, 2.24) is 10.2 Å². The van der Waals surface area contributed by atoms with Gasteiger partial charge in [0.1, 0.15) is 17.1 Å². The minimum Gasteiger partial charge on any atom is -0.497 e. The lowest BCUT2D eigenvalue weighted by atomic mass is 9.81. The summed E-state index contributed by atoms with van der Waals surface area (Å²) < 4.78 is 21.5. The number of Topliss-reactive ketones (excluding diaryl/α,β-unsaturated/α-hetero) is 3. The molecule has 41 heavy (non-hydrogen) atoms. The molecule has 5 atom stereocenters. The van der Waals surface area contributed by atoms with Crippen LogP contribution in [-0.2, 0) is 39.8 Å². The Balaban J connectivity index is 1.43. The van der Waals surface area contributed by atoms with Gasteiger partial charge in [-0.2, -0.15) is 0 Å². The highest BCUT2D eigenvalue weighted by Gasteiger charge is 2.50. The van der Waals surface area contributed by atoms with Crippen molar-refractivity contribution in [2.24, 2.45) is 17.8 Å². The number of methoxy groups -OCH3 is 1. The van der Waals surface area contributed by atoms with Crippen molar-refractivity contribution in [3.05, 3.63) is 29.8 Å². The molecule has 0 spiro atoms. The summed E-state index contributed by atoms with van der Waals surface area (Å²) in [7, 11) is 1.58. The molecule has 1 aromatic carbocycles.